The van der Waals surface area contributed by atoms with Crippen molar-refractivity contribution in [1.29, 1.82) is 0 Å². The summed E-state index contributed by atoms with van der Waals surface area (Å²) >= 11 is 0. The second-order valence-electron chi connectivity index (χ2n) is 1.80. The highest BCUT2D eigenvalue weighted by atomic mass is 13.9. The van der Waals surface area contributed by atoms with Crippen molar-refractivity contribution in [1.82, 2.24) is 0 Å². The van der Waals surface area contributed by atoms with Crippen LogP contribution in [0.3, 0.4) is 0 Å². The van der Waals surface area contributed by atoms with E-state index >= 15 is 0 Å². The number of rotatable bonds is 1. The van der Waals surface area contributed by atoms with E-state index in [9.17, 15) is 0 Å². The van der Waals surface area contributed by atoms with Gasteiger partial charge in [-0.05, 0) is 5.92 Å². The molecule has 0 aliphatic rings. The summed E-state index contributed by atoms with van der Waals surface area (Å²) in [4.78, 5) is 0. The normalized spacial score (nSPS) is 4.15. The maximum Gasteiger partial charge on any atom is 0 e. The summed E-state index contributed by atoms with van der Waals surface area (Å²) < 4.78 is 0. The molecule has 0 amide bonds. The summed E-state index contributed by atoms with van der Waals surface area (Å²) in [7, 11) is 0. The predicted molar refractivity (Wildman–Crippen MR) is 75.9 cm³/mol. The Morgan fingerprint density at radius 1 is 0.769 bits per heavy atom. The summed E-state index contributed by atoms with van der Waals surface area (Å²) in [5, 5.41) is 0. The van der Waals surface area contributed by atoms with Crippen LogP contribution in [0.4, 0.5) is 0 Å². The molecule has 0 unspecified atom stereocenters. The smallest absolute Gasteiger partial charge is 0 e. The van der Waals surface area contributed by atoms with Crippen molar-refractivity contribution in [2.75, 3.05) is 0 Å². The van der Waals surface area contributed by atoms with Crippen LogP contribution in [0.2, 0.25) is 0 Å². The van der Waals surface area contributed by atoms with Gasteiger partial charge in [0.25, 0.3) is 0 Å². The largest absolute Gasteiger partial charge is 0.0776 e. The molecule has 0 aliphatic heterocycles. The van der Waals surface area contributed by atoms with E-state index in [0.717, 1.165) is 5.92 Å². The van der Waals surface area contributed by atoms with Gasteiger partial charge in [0.15, 0.2) is 0 Å². The molecule has 0 saturated heterocycles. The van der Waals surface area contributed by atoms with Crippen molar-refractivity contribution in [2.24, 2.45) is 5.92 Å². The van der Waals surface area contributed by atoms with Crippen molar-refractivity contribution >= 4 is 8.41 Å². The first-order valence-electron chi connectivity index (χ1n) is 3.27. The van der Waals surface area contributed by atoms with Crippen LogP contribution < -0.4 is 0 Å². The summed E-state index contributed by atoms with van der Waals surface area (Å²) in [5.74, 6) is 0.884. The molecule has 0 rings (SSSR count). The van der Waals surface area contributed by atoms with Crippen LogP contribution >= 0.6 is 0 Å². The number of hydrogen-bond acceptors (Lipinski definition) is 0. The van der Waals surface area contributed by atoms with Crippen LogP contribution in [-0.4, -0.2) is 8.41 Å². The van der Waals surface area contributed by atoms with Crippen LogP contribution in [0.15, 0.2) is 0 Å². The molecule has 0 bridgehead atoms. The van der Waals surface area contributed by atoms with Gasteiger partial charge < -0.3 is 0 Å². The van der Waals surface area contributed by atoms with Gasteiger partial charge >= 0.3 is 0 Å². The highest BCUT2D eigenvalue weighted by Gasteiger charge is 1.80. The lowest BCUT2D eigenvalue weighted by Gasteiger charge is -1.90. The molecule has 0 N–H and O–H groups in total. The highest BCUT2D eigenvalue weighted by Crippen LogP contribution is 1.93. The molecule has 0 nitrogen and oxygen atoms in total. The summed E-state index contributed by atoms with van der Waals surface area (Å²) in [5.41, 5.74) is 0. The van der Waals surface area contributed by atoms with Gasteiger partial charge in [0, 0.05) is 8.41 Å². The Labute approximate surface area is 93.1 Å². The summed E-state index contributed by atoms with van der Waals surface area (Å²) in [6.45, 7) is 10.6. The Kier molecular flexibility index (Phi) is 510. The van der Waals surface area contributed by atoms with E-state index in [0.29, 0.717) is 0 Å². The van der Waals surface area contributed by atoms with Gasteiger partial charge in [-0.1, -0.05) is 78.2 Å². The standard InChI is InChI=1S/C5H12.C2H6.5CH4.B/c1-4-5(2)3;1-2;;;;;;/h5H,4H2,1-3H3;1-2H3;5*1H4;. The van der Waals surface area contributed by atoms with Crippen molar-refractivity contribution in [2.45, 2.75) is 78.2 Å². The molecule has 0 fully saturated rings. The third-order valence-corrected chi connectivity index (χ3v) is 0.816. The maximum atomic E-state index is 2.22. The van der Waals surface area contributed by atoms with E-state index in [1.165, 1.54) is 6.42 Å². The van der Waals surface area contributed by atoms with Crippen LogP contribution in [-0.2, 0) is 0 Å². The van der Waals surface area contributed by atoms with Crippen LogP contribution in [0, 0.1) is 5.92 Å². The average molecular weight is 193 g/mol. The molecule has 1 heteroatoms. The van der Waals surface area contributed by atoms with Crippen molar-refractivity contribution in [3.8, 4) is 0 Å². The molecule has 0 saturated carbocycles. The first-order valence-corrected chi connectivity index (χ1v) is 3.27. The highest BCUT2D eigenvalue weighted by molar-refractivity contribution is 5.75. The van der Waals surface area contributed by atoms with Crippen LogP contribution in [0.25, 0.3) is 0 Å². The van der Waals surface area contributed by atoms with Gasteiger partial charge in [-0.15, -0.1) is 0 Å². The molecule has 0 spiro atoms. The van der Waals surface area contributed by atoms with Crippen molar-refractivity contribution in [3.63, 3.8) is 0 Å². The Morgan fingerprint density at radius 3 is 0.846 bits per heavy atom. The molecule has 0 aromatic carbocycles. The summed E-state index contributed by atoms with van der Waals surface area (Å²) in [6, 6.07) is 0. The van der Waals surface area contributed by atoms with Crippen molar-refractivity contribution in [3.05, 3.63) is 0 Å². The minimum atomic E-state index is 0. The van der Waals surface area contributed by atoms with Gasteiger partial charge in [-0.2, -0.15) is 0 Å². The fourth-order valence-corrected chi connectivity index (χ4v) is 0. The molecule has 0 aromatic heterocycles. The Bertz CT molecular complexity index is 19.1. The van der Waals surface area contributed by atoms with Crippen LogP contribution in [0.5, 0.6) is 0 Å². The summed E-state index contributed by atoms with van der Waals surface area (Å²) in [6.07, 6.45) is 1.31. The molecular weight excluding hydrogens is 155 g/mol. The molecule has 0 heterocycles. The minimum absolute atomic E-state index is 0. The SMILES string of the molecule is C.C.C.C.C.CC.CCC(C)C.[B]. The molecule has 0 aromatic rings. The zero-order valence-electron chi connectivity index (χ0n) is 6.86. The lowest BCUT2D eigenvalue weighted by molar-refractivity contribution is 0.626. The van der Waals surface area contributed by atoms with E-state index in [1.807, 2.05) is 13.8 Å². The van der Waals surface area contributed by atoms with Crippen molar-refractivity contribution < 1.29 is 0 Å². The second-order valence-corrected chi connectivity index (χ2v) is 1.80. The predicted octanol–water partition coefficient (Wildman–Crippen LogP) is 5.88. The Morgan fingerprint density at radius 2 is 0.846 bits per heavy atom. The monoisotopic (exact) mass is 193 g/mol. The number of hydrogen-bond donors (Lipinski definition) is 0. The zero-order valence-corrected chi connectivity index (χ0v) is 6.86. The topological polar surface area (TPSA) is 0 Å². The molecule has 0 aliphatic carbocycles. The van der Waals surface area contributed by atoms with E-state index in [4.69, 9.17) is 0 Å². The lowest BCUT2D eigenvalue weighted by Crippen LogP contribution is -1.77. The third-order valence-electron chi connectivity index (χ3n) is 0.816. The molecule has 0 atom stereocenters. The quantitative estimate of drug-likeness (QED) is 0.456. The fraction of sp³-hybridized carbons (Fsp3) is 1.00. The third kappa shape index (κ3) is 287. The van der Waals surface area contributed by atoms with E-state index in [1.54, 1.807) is 0 Å². The Balaban J connectivity index is -0.00000000492. The van der Waals surface area contributed by atoms with E-state index < -0.39 is 0 Å². The van der Waals surface area contributed by atoms with Gasteiger partial charge in [-0.3, -0.25) is 0 Å². The molecular formula is C12H38B. The Hall–Kier alpha value is 0.0649. The first-order chi connectivity index (χ1) is 3.27. The van der Waals surface area contributed by atoms with Gasteiger partial charge in [0.2, 0.25) is 0 Å². The second kappa shape index (κ2) is 89.4. The average Bonchev–Trinajstić information content (AvgIpc) is 1.73. The van der Waals surface area contributed by atoms with Gasteiger partial charge in [-0.25, -0.2) is 0 Å². The van der Waals surface area contributed by atoms with E-state index in [2.05, 4.69) is 20.8 Å². The lowest BCUT2D eigenvalue weighted by atomic mass is 10.2. The van der Waals surface area contributed by atoms with Gasteiger partial charge in [0.1, 0.15) is 0 Å². The molecule has 13 heavy (non-hydrogen) atoms. The zero-order chi connectivity index (χ0) is 6.28. The maximum absolute atomic E-state index is 2.22. The van der Waals surface area contributed by atoms with Crippen LogP contribution in [0.1, 0.15) is 78.2 Å². The molecule has 89 valence electrons. The fourth-order valence-electron chi connectivity index (χ4n) is 0. The van der Waals surface area contributed by atoms with Gasteiger partial charge in [0.05, 0.1) is 0 Å². The molecule has 3 radical (unpaired) electrons. The first kappa shape index (κ1) is 74.1. The minimum Gasteiger partial charge on any atom is -0.0776 e. The van der Waals surface area contributed by atoms with E-state index in [-0.39, 0.29) is 45.5 Å².